The van der Waals surface area contributed by atoms with Gasteiger partial charge in [-0.1, -0.05) is 37.3 Å². The van der Waals surface area contributed by atoms with E-state index in [-0.39, 0.29) is 0 Å². The summed E-state index contributed by atoms with van der Waals surface area (Å²) in [4.78, 5) is 2.61. The zero-order valence-corrected chi connectivity index (χ0v) is 12.4. The number of likely N-dealkylation sites (tertiary alicyclic amines) is 1. The van der Waals surface area contributed by atoms with Crippen molar-refractivity contribution in [3.63, 3.8) is 0 Å². The Morgan fingerprint density at radius 3 is 2.84 bits per heavy atom. The van der Waals surface area contributed by atoms with Gasteiger partial charge < -0.3 is 5.32 Å². The monoisotopic (exact) mass is 260 g/mol. The van der Waals surface area contributed by atoms with E-state index in [9.17, 15) is 0 Å². The average Bonchev–Trinajstić information content (AvgIpc) is 2.91. The summed E-state index contributed by atoms with van der Waals surface area (Å²) in [6, 6.07) is 12.2. The number of nitrogens with zero attached hydrogens (tertiary/aromatic N) is 1. The molecule has 0 bridgehead atoms. The van der Waals surface area contributed by atoms with Crippen LogP contribution in [0.15, 0.2) is 30.3 Å². The van der Waals surface area contributed by atoms with Crippen LogP contribution in [0.5, 0.6) is 0 Å². The van der Waals surface area contributed by atoms with Crippen molar-refractivity contribution < 1.29 is 0 Å². The Balaban J connectivity index is 1.66. The highest BCUT2D eigenvalue weighted by Crippen LogP contribution is 2.16. The molecule has 2 nitrogen and oxygen atoms in total. The number of hydrogen-bond acceptors (Lipinski definition) is 2. The van der Waals surface area contributed by atoms with Crippen LogP contribution < -0.4 is 5.32 Å². The molecule has 2 rings (SSSR count). The van der Waals surface area contributed by atoms with E-state index in [4.69, 9.17) is 0 Å². The SMILES string of the molecule is CCN1CCCC1CNC(C)CCc1ccccc1. The predicted molar refractivity (Wildman–Crippen MR) is 82.5 cm³/mol. The number of hydrogen-bond donors (Lipinski definition) is 1. The van der Waals surface area contributed by atoms with Gasteiger partial charge in [-0.3, -0.25) is 4.90 Å². The predicted octanol–water partition coefficient (Wildman–Crippen LogP) is 3.08. The highest BCUT2D eigenvalue weighted by atomic mass is 15.2. The Morgan fingerprint density at radius 2 is 2.11 bits per heavy atom. The maximum absolute atomic E-state index is 3.72. The smallest absolute Gasteiger partial charge is 0.0221 e. The van der Waals surface area contributed by atoms with Gasteiger partial charge >= 0.3 is 0 Å². The lowest BCUT2D eigenvalue weighted by Crippen LogP contribution is -2.41. The second-order valence-electron chi connectivity index (χ2n) is 5.76. The van der Waals surface area contributed by atoms with E-state index in [1.54, 1.807) is 0 Å². The first-order valence-corrected chi connectivity index (χ1v) is 7.81. The van der Waals surface area contributed by atoms with Gasteiger partial charge in [-0.25, -0.2) is 0 Å². The summed E-state index contributed by atoms with van der Waals surface area (Å²) in [6.07, 6.45) is 5.14. The molecule has 1 fully saturated rings. The molecule has 0 saturated carbocycles. The molecule has 1 aromatic rings. The summed E-state index contributed by atoms with van der Waals surface area (Å²) in [5, 5.41) is 3.72. The Hall–Kier alpha value is -0.860. The minimum absolute atomic E-state index is 0.611. The van der Waals surface area contributed by atoms with Crippen molar-refractivity contribution in [2.24, 2.45) is 0 Å². The van der Waals surface area contributed by atoms with Gasteiger partial charge in [0.25, 0.3) is 0 Å². The van der Waals surface area contributed by atoms with Gasteiger partial charge in [-0.05, 0) is 51.3 Å². The van der Waals surface area contributed by atoms with E-state index in [1.165, 1.54) is 44.3 Å². The lowest BCUT2D eigenvalue weighted by molar-refractivity contribution is 0.254. The molecule has 106 valence electrons. The summed E-state index contributed by atoms with van der Waals surface area (Å²) in [6.45, 7) is 8.24. The van der Waals surface area contributed by atoms with Gasteiger partial charge in [0.05, 0.1) is 0 Å². The highest BCUT2D eigenvalue weighted by Gasteiger charge is 2.22. The third kappa shape index (κ3) is 4.63. The van der Waals surface area contributed by atoms with Crippen molar-refractivity contribution in [2.75, 3.05) is 19.6 Å². The Labute approximate surface area is 118 Å². The molecule has 0 spiro atoms. The van der Waals surface area contributed by atoms with Crippen molar-refractivity contribution in [1.29, 1.82) is 0 Å². The molecule has 1 aliphatic heterocycles. The van der Waals surface area contributed by atoms with Crippen LogP contribution in [-0.2, 0) is 6.42 Å². The zero-order valence-electron chi connectivity index (χ0n) is 12.4. The fourth-order valence-corrected chi connectivity index (χ4v) is 3.01. The molecular formula is C17H28N2. The van der Waals surface area contributed by atoms with E-state index in [0.717, 1.165) is 12.6 Å². The van der Waals surface area contributed by atoms with Gasteiger partial charge in [0.15, 0.2) is 0 Å². The standard InChI is InChI=1S/C17H28N2/c1-3-19-13-7-10-17(19)14-18-15(2)11-12-16-8-5-4-6-9-16/h4-6,8-9,15,17-18H,3,7,10-14H2,1-2H3. The maximum Gasteiger partial charge on any atom is 0.0221 e. The minimum Gasteiger partial charge on any atom is -0.313 e. The number of rotatable bonds is 7. The van der Waals surface area contributed by atoms with Crippen LogP contribution in [0, 0.1) is 0 Å². The number of benzene rings is 1. The number of aryl methyl sites for hydroxylation is 1. The molecular weight excluding hydrogens is 232 g/mol. The van der Waals surface area contributed by atoms with E-state index >= 15 is 0 Å². The van der Waals surface area contributed by atoms with Gasteiger partial charge in [0.2, 0.25) is 0 Å². The largest absolute Gasteiger partial charge is 0.313 e. The van der Waals surface area contributed by atoms with Gasteiger partial charge in [0, 0.05) is 18.6 Å². The molecule has 0 radical (unpaired) electrons. The normalized spacial score (nSPS) is 21.7. The van der Waals surface area contributed by atoms with Crippen molar-refractivity contribution in [3.8, 4) is 0 Å². The summed E-state index contributed by atoms with van der Waals surface area (Å²) in [5.74, 6) is 0. The lowest BCUT2D eigenvalue weighted by Gasteiger charge is -2.25. The maximum atomic E-state index is 3.72. The Bertz CT molecular complexity index is 350. The molecule has 19 heavy (non-hydrogen) atoms. The summed E-state index contributed by atoms with van der Waals surface area (Å²) >= 11 is 0. The molecule has 2 heteroatoms. The van der Waals surface area contributed by atoms with Crippen LogP contribution in [0.4, 0.5) is 0 Å². The summed E-state index contributed by atoms with van der Waals surface area (Å²) in [7, 11) is 0. The Morgan fingerprint density at radius 1 is 1.32 bits per heavy atom. The topological polar surface area (TPSA) is 15.3 Å². The van der Waals surface area contributed by atoms with Crippen molar-refractivity contribution in [2.45, 2.75) is 51.6 Å². The first-order chi connectivity index (χ1) is 9.29. The first-order valence-electron chi connectivity index (χ1n) is 7.81. The summed E-state index contributed by atoms with van der Waals surface area (Å²) in [5.41, 5.74) is 1.45. The molecule has 2 atom stereocenters. The molecule has 0 aliphatic carbocycles. The van der Waals surface area contributed by atoms with Crippen molar-refractivity contribution >= 4 is 0 Å². The van der Waals surface area contributed by atoms with Crippen LogP contribution in [0.1, 0.15) is 38.7 Å². The molecule has 1 heterocycles. The van der Waals surface area contributed by atoms with Crippen molar-refractivity contribution in [3.05, 3.63) is 35.9 Å². The third-order valence-corrected chi connectivity index (χ3v) is 4.32. The number of likely N-dealkylation sites (N-methyl/N-ethyl adjacent to an activating group) is 1. The zero-order chi connectivity index (χ0) is 13.5. The van der Waals surface area contributed by atoms with E-state index < -0.39 is 0 Å². The van der Waals surface area contributed by atoms with Crippen LogP contribution in [0.2, 0.25) is 0 Å². The second-order valence-corrected chi connectivity index (χ2v) is 5.76. The van der Waals surface area contributed by atoms with Crippen LogP contribution >= 0.6 is 0 Å². The molecule has 0 aromatic heterocycles. The van der Waals surface area contributed by atoms with Gasteiger partial charge in [-0.15, -0.1) is 0 Å². The van der Waals surface area contributed by atoms with Gasteiger partial charge in [-0.2, -0.15) is 0 Å². The second kappa shape index (κ2) is 7.66. The van der Waals surface area contributed by atoms with Gasteiger partial charge in [0.1, 0.15) is 0 Å². The average molecular weight is 260 g/mol. The molecule has 0 amide bonds. The quantitative estimate of drug-likeness (QED) is 0.810. The molecule has 1 saturated heterocycles. The minimum atomic E-state index is 0.611. The third-order valence-electron chi connectivity index (χ3n) is 4.32. The fraction of sp³-hybridized carbons (Fsp3) is 0.647. The fourth-order valence-electron chi connectivity index (χ4n) is 3.01. The number of nitrogens with one attached hydrogen (secondary N) is 1. The van der Waals surface area contributed by atoms with Crippen LogP contribution in [0.3, 0.4) is 0 Å². The van der Waals surface area contributed by atoms with Crippen molar-refractivity contribution in [1.82, 2.24) is 10.2 Å². The van der Waals surface area contributed by atoms with Crippen LogP contribution in [-0.4, -0.2) is 36.6 Å². The molecule has 1 aliphatic rings. The van der Waals surface area contributed by atoms with E-state index in [2.05, 4.69) is 54.4 Å². The molecule has 1 aromatic carbocycles. The highest BCUT2D eigenvalue weighted by molar-refractivity contribution is 5.14. The Kier molecular flexibility index (Phi) is 5.87. The molecule has 2 unspecified atom stereocenters. The molecule has 1 N–H and O–H groups in total. The summed E-state index contributed by atoms with van der Waals surface area (Å²) < 4.78 is 0. The first kappa shape index (κ1) is 14.5. The lowest BCUT2D eigenvalue weighted by atomic mass is 10.1. The van der Waals surface area contributed by atoms with E-state index in [0.29, 0.717) is 6.04 Å². The van der Waals surface area contributed by atoms with E-state index in [1.807, 2.05) is 0 Å². The van der Waals surface area contributed by atoms with Crippen LogP contribution in [0.25, 0.3) is 0 Å².